The number of hydrogen-bond acceptors (Lipinski definition) is 3. The van der Waals surface area contributed by atoms with Gasteiger partial charge in [-0.15, -0.1) is 0 Å². The van der Waals surface area contributed by atoms with Crippen LogP contribution in [0.25, 0.3) is 0 Å². The first-order valence-corrected chi connectivity index (χ1v) is 7.34. The molecule has 1 N–H and O–H groups in total. The van der Waals surface area contributed by atoms with Gasteiger partial charge in [-0.1, -0.05) is 13.8 Å². The normalized spacial score (nSPS) is 34.0. The summed E-state index contributed by atoms with van der Waals surface area (Å²) in [4.78, 5) is 4.80. The lowest BCUT2D eigenvalue weighted by atomic mass is 9.75. The molecule has 106 valence electrons. The van der Waals surface area contributed by atoms with Crippen molar-refractivity contribution in [3.8, 4) is 0 Å². The predicted molar refractivity (Wildman–Crippen MR) is 75.7 cm³/mol. The first kappa shape index (κ1) is 14.3. The SMILES string of the molecule is CN(CC1(N(C)C)CCC1)C1CCC(C)(C)C1O. The summed E-state index contributed by atoms with van der Waals surface area (Å²) in [6.07, 6.45) is 6.05. The van der Waals surface area contributed by atoms with Crippen LogP contribution < -0.4 is 0 Å². The molecule has 2 saturated carbocycles. The fraction of sp³-hybridized carbons (Fsp3) is 1.00. The molecule has 2 fully saturated rings. The van der Waals surface area contributed by atoms with E-state index in [1.165, 1.54) is 19.3 Å². The van der Waals surface area contributed by atoms with Crippen molar-refractivity contribution in [2.24, 2.45) is 5.41 Å². The molecule has 0 aromatic carbocycles. The van der Waals surface area contributed by atoms with Crippen LogP contribution in [0.5, 0.6) is 0 Å². The summed E-state index contributed by atoms with van der Waals surface area (Å²) in [7, 11) is 6.59. The minimum Gasteiger partial charge on any atom is -0.391 e. The summed E-state index contributed by atoms with van der Waals surface area (Å²) in [5.41, 5.74) is 0.449. The highest BCUT2D eigenvalue weighted by atomic mass is 16.3. The molecule has 2 atom stereocenters. The summed E-state index contributed by atoms with van der Waals surface area (Å²) in [5.74, 6) is 0. The molecule has 0 saturated heterocycles. The Bertz CT molecular complexity index is 297. The van der Waals surface area contributed by atoms with E-state index in [0.29, 0.717) is 11.6 Å². The Morgan fingerprint density at radius 1 is 1.11 bits per heavy atom. The molecule has 0 heterocycles. The zero-order valence-corrected chi connectivity index (χ0v) is 12.7. The fourth-order valence-electron chi connectivity index (χ4n) is 3.72. The van der Waals surface area contributed by atoms with Crippen LogP contribution in [0.3, 0.4) is 0 Å². The molecular weight excluding hydrogens is 224 g/mol. The fourth-order valence-corrected chi connectivity index (χ4v) is 3.72. The van der Waals surface area contributed by atoms with E-state index in [1.54, 1.807) is 0 Å². The maximum absolute atomic E-state index is 10.5. The van der Waals surface area contributed by atoms with Gasteiger partial charge in [0.1, 0.15) is 0 Å². The molecule has 0 spiro atoms. The smallest absolute Gasteiger partial charge is 0.0746 e. The molecule has 0 aromatic heterocycles. The molecule has 0 aromatic rings. The monoisotopic (exact) mass is 254 g/mol. The lowest BCUT2D eigenvalue weighted by Gasteiger charge is -2.50. The van der Waals surface area contributed by atoms with Crippen molar-refractivity contribution in [1.82, 2.24) is 9.80 Å². The number of aliphatic hydroxyl groups is 1. The molecule has 0 amide bonds. The minimum atomic E-state index is -0.179. The highest BCUT2D eigenvalue weighted by Gasteiger charge is 2.46. The van der Waals surface area contributed by atoms with Gasteiger partial charge in [-0.05, 0) is 58.7 Å². The minimum absolute atomic E-state index is 0.0871. The van der Waals surface area contributed by atoms with Crippen LogP contribution in [-0.2, 0) is 0 Å². The third-order valence-corrected chi connectivity index (χ3v) is 5.59. The largest absolute Gasteiger partial charge is 0.391 e. The van der Waals surface area contributed by atoms with Crippen LogP contribution in [0.1, 0.15) is 46.0 Å². The average Bonchev–Trinajstić information content (AvgIpc) is 2.47. The molecular formula is C15H30N2O. The lowest BCUT2D eigenvalue weighted by molar-refractivity contribution is -0.0206. The van der Waals surface area contributed by atoms with Gasteiger partial charge in [0.15, 0.2) is 0 Å². The number of nitrogens with zero attached hydrogens (tertiary/aromatic N) is 2. The lowest BCUT2D eigenvalue weighted by Crippen LogP contribution is -2.59. The van der Waals surface area contributed by atoms with E-state index in [9.17, 15) is 5.11 Å². The third-order valence-electron chi connectivity index (χ3n) is 5.59. The Morgan fingerprint density at radius 2 is 1.72 bits per heavy atom. The van der Waals surface area contributed by atoms with Gasteiger partial charge in [0.05, 0.1) is 6.10 Å². The van der Waals surface area contributed by atoms with Crippen molar-refractivity contribution < 1.29 is 5.11 Å². The molecule has 2 aliphatic rings. The molecule has 2 aliphatic carbocycles. The molecule has 3 heteroatoms. The van der Waals surface area contributed by atoms with Gasteiger partial charge >= 0.3 is 0 Å². The van der Waals surface area contributed by atoms with Crippen molar-refractivity contribution in [2.45, 2.75) is 63.6 Å². The van der Waals surface area contributed by atoms with Crippen LogP contribution in [0, 0.1) is 5.41 Å². The average molecular weight is 254 g/mol. The summed E-state index contributed by atoms with van der Waals surface area (Å²) >= 11 is 0. The third kappa shape index (κ3) is 2.33. The summed E-state index contributed by atoms with van der Waals surface area (Å²) < 4.78 is 0. The molecule has 0 radical (unpaired) electrons. The van der Waals surface area contributed by atoms with Crippen LogP contribution in [-0.4, -0.2) is 60.3 Å². The molecule has 3 nitrogen and oxygen atoms in total. The second-order valence-electron chi connectivity index (χ2n) is 7.43. The zero-order valence-electron chi connectivity index (χ0n) is 12.7. The summed E-state index contributed by atoms with van der Waals surface area (Å²) in [6, 6.07) is 0.345. The Labute approximate surface area is 112 Å². The standard InChI is InChI=1S/C15H30N2O/c1-14(2)10-7-12(13(14)18)17(5)11-15(16(3)4)8-6-9-15/h12-13,18H,6-11H2,1-5H3. The Balaban J connectivity index is 1.98. The Morgan fingerprint density at radius 3 is 2.06 bits per heavy atom. The zero-order chi connectivity index (χ0) is 13.6. The molecule has 18 heavy (non-hydrogen) atoms. The Hall–Kier alpha value is -0.120. The van der Waals surface area contributed by atoms with E-state index in [0.717, 1.165) is 19.4 Å². The van der Waals surface area contributed by atoms with Gasteiger partial charge in [-0.2, -0.15) is 0 Å². The van der Waals surface area contributed by atoms with Crippen molar-refractivity contribution in [3.63, 3.8) is 0 Å². The first-order valence-electron chi connectivity index (χ1n) is 7.34. The molecule has 2 rings (SSSR count). The Kier molecular flexibility index (Phi) is 3.79. The van der Waals surface area contributed by atoms with Crippen LogP contribution in [0.4, 0.5) is 0 Å². The van der Waals surface area contributed by atoms with E-state index in [4.69, 9.17) is 0 Å². The van der Waals surface area contributed by atoms with Crippen LogP contribution in [0.2, 0.25) is 0 Å². The maximum Gasteiger partial charge on any atom is 0.0746 e. The van der Waals surface area contributed by atoms with Gasteiger partial charge in [-0.25, -0.2) is 0 Å². The summed E-state index contributed by atoms with van der Waals surface area (Å²) in [6.45, 7) is 5.48. The van der Waals surface area contributed by atoms with Gasteiger partial charge in [0, 0.05) is 18.1 Å². The predicted octanol–water partition coefficient (Wildman–Crippen LogP) is 1.95. The maximum atomic E-state index is 10.5. The van der Waals surface area contributed by atoms with Crippen molar-refractivity contribution in [3.05, 3.63) is 0 Å². The summed E-state index contributed by atoms with van der Waals surface area (Å²) in [5, 5.41) is 10.5. The van der Waals surface area contributed by atoms with Crippen LogP contribution >= 0.6 is 0 Å². The highest BCUT2D eigenvalue weighted by molar-refractivity contribution is 5.02. The van der Waals surface area contributed by atoms with Crippen LogP contribution in [0.15, 0.2) is 0 Å². The van der Waals surface area contributed by atoms with Crippen molar-refractivity contribution in [2.75, 3.05) is 27.7 Å². The van der Waals surface area contributed by atoms with Crippen molar-refractivity contribution >= 4 is 0 Å². The number of rotatable bonds is 4. The van der Waals surface area contributed by atoms with E-state index < -0.39 is 0 Å². The second-order valence-corrected chi connectivity index (χ2v) is 7.43. The quantitative estimate of drug-likeness (QED) is 0.831. The van der Waals surface area contributed by atoms with E-state index >= 15 is 0 Å². The first-order chi connectivity index (χ1) is 8.28. The van der Waals surface area contributed by atoms with Crippen molar-refractivity contribution in [1.29, 1.82) is 0 Å². The highest BCUT2D eigenvalue weighted by Crippen LogP contribution is 2.42. The second kappa shape index (κ2) is 4.77. The van der Waals surface area contributed by atoms with E-state index in [-0.39, 0.29) is 11.5 Å². The van der Waals surface area contributed by atoms with E-state index in [2.05, 4.69) is 44.8 Å². The van der Waals surface area contributed by atoms with Gasteiger partial charge in [-0.3, -0.25) is 4.90 Å². The van der Waals surface area contributed by atoms with Gasteiger partial charge in [0.25, 0.3) is 0 Å². The number of hydrogen-bond donors (Lipinski definition) is 1. The number of likely N-dealkylation sites (N-methyl/N-ethyl adjacent to an activating group) is 2. The molecule has 0 bridgehead atoms. The number of aliphatic hydroxyl groups excluding tert-OH is 1. The van der Waals surface area contributed by atoms with Gasteiger partial charge < -0.3 is 10.0 Å². The molecule has 0 aliphatic heterocycles. The molecule has 2 unspecified atom stereocenters. The van der Waals surface area contributed by atoms with E-state index in [1.807, 2.05) is 0 Å². The topological polar surface area (TPSA) is 26.7 Å². The van der Waals surface area contributed by atoms with Gasteiger partial charge in [0.2, 0.25) is 0 Å².